The van der Waals surface area contributed by atoms with Gasteiger partial charge < -0.3 is 9.84 Å². The van der Waals surface area contributed by atoms with E-state index in [4.69, 9.17) is 0 Å². The number of nitrogens with zero attached hydrogens (tertiary/aromatic N) is 1. The molecule has 0 bridgehead atoms. The van der Waals surface area contributed by atoms with E-state index in [1.54, 1.807) is 0 Å². The second kappa shape index (κ2) is 6.07. The van der Waals surface area contributed by atoms with Crippen molar-refractivity contribution in [3.8, 4) is 16.9 Å². The molecule has 2 aromatic rings. The van der Waals surface area contributed by atoms with Gasteiger partial charge in [-0.15, -0.1) is 13.2 Å². The number of aliphatic hydroxyl groups is 1. The first-order chi connectivity index (χ1) is 10.6. The van der Waals surface area contributed by atoms with Gasteiger partial charge in [0.05, 0.1) is 12.3 Å². The summed E-state index contributed by atoms with van der Waals surface area (Å²) in [6, 6.07) is 6.48. The highest BCUT2D eigenvalue weighted by molar-refractivity contribution is 5.72. The van der Waals surface area contributed by atoms with Gasteiger partial charge in [-0.1, -0.05) is 24.3 Å². The Balaban J connectivity index is 2.55. The molecule has 0 atom stereocenters. The molecule has 0 radical (unpaired) electrons. The molecule has 0 unspecified atom stereocenters. The lowest BCUT2D eigenvalue weighted by Gasteiger charge is -2.16. The Hall–Kier alpha value is -2.29. The van der Waals surface area contributed by atoms with Crippen molar-refractivity contribution in [2.24, 2.45) is 0 Å². The number of benzene rings is 1. The SMILES string of the molecule is OCc1nc(C(F)(F)F)ccc1-c1ccccc1OC(F)(F)F. The van der Waals surface area contributed by atoms with Gasteiger partial charge in [0.1, 0.15) is 11.4 Å². The van der Waals surface area contributed by atoms with Crippen molar-refractivity contribution in [2.45, 2.75) is 19.1 Å². The summed E-state index contributed by atoms with van der Waals surface area (Å²) in [7, 11) is 0. The van der Waals surface area contributed by atoms with Crippen molar-refractivity contribution in [1.82, 2.24) is 4.98 Å². The molecule has 1 aromatic carbocycles. The molecule has 0 aliphatic rings. The summed E-state index contributed by atoms with van der Waals surface area (Å²) in [5, 5.41) is 9.20. The van der Waals surface area contributed by atoms with Crippen molar-refractivity contribution in [3.05, 3.63) is 47.8 Å². The highest BCUT2D eigenvalue weighted by Crippen LogP contribution is 2.36. The lowest BCUT2D eigenvalue weighted by atomic mass is 10.0. The molecule has 3 nitrogen and oxygen atoms in total. The molecule has 1 heterocycles. The molecule has 0 saturated carbocycles. The van der Waals surface area contributed by atoms with E-state index < -0.39 is 36.3 Å². The zero-order valence-electron chi connectivity index (χ0n) is 11.2. The van der Waals surface area contributed by atoms with Crippen molar-refractivity contribution in [1.29, 1.82) is 0 Å². The number of pyridine rings is 1. The number of hydrogen-bond donors (Lipinski definition) is 1. The van der Waals surface area contributed by atoms with E-state index in [2.05, 4.69) is 9.72 Å². The molecule has 0 spiro atoms. The standard InChI is InChI=1S/C14H9F6NO2/c15-13(16,17)12-6-5-8(10(7-22)21-12)9-3-1-2-4-11(9)23-14(18,19)20/h1-6,22H,7H2. The number of aliphatic hydroxyl groups excluding tert-OH is 1. The lowest BCUT2D eigenvalue weighted by molar-refractivity contribution is -0.274. The van der Waals surface area contributed by atoms with Crippen LogP contribution < -0.4 is 4.74 Å². The van der Waals surface area contributed by atoms with Crippen LogP contribution in [-0.4, -0.2) is 16.5 Å². The number of alkyl halides is 6. The Morgan fingerprint density at radius 2 is 1.57 bits per heavy atom. The first-order valence-electron chi connectivity index (χ1n) is 6.15. The largest absolute Gasteiger partial charge is 0.573 e. The number of ether oxygens (including phenoxy) is 1. The fourth-order valence-corrected chi connectivity index (χ4v) is 1.93. The molecular formula is C14H9F6NO2. The van der Waals surface area contributed by atoms with Gasteiger partial charge in [0, 0.05) is 11.1 Å². The number of hydrogen-bond acceptors (Lipinski definition) is 3. The maximum absolute atomic E-state index is 12.6. The number of para-hydroxylation sites is 1. The third-order valence-corrected chi connectivity index (χ3v) is 2.82. The van der Waals surface area contributed by atoms with Crippen LogP contribution >= 0.6 is 0 Å². The van der Waals surface area contributed by atoms with Crippen LogP contribution in [0.1, 0.15) is 11.4 Å². The van der Waals surface area contributed by atoms with Crippen LogP contribution in [0.4, 0.5) is 26.3 Å². The normalized spacial score (nSPS) is 12.3. The molecule has 0 aliphatic heterocycles. The van der Waals surface area contributed by atoms with E-state index >= 15 is 0 Å². The minimum absolute atomic E-state index is 0.0830. The predicted molar refractivity (Wildman–Crippen MR) is 67.3 cm³/mol. The average molecular weight is 337 g/mol. The van der Waals surface area contributed by atoms with Gasteiger partial charge >= 0.3 is 12.5 Å². The molecule has 0 saturated heterocycles. The number of halogens is 6. The van der Waals surface area contributed by atoms with Crippen LogP contribution in [0.5, 0.6) is 5.75 Å². The third-order valence-electron chi connectivity index (χ3n) is 2.82. The van der Waals surface area contributed by atoms with Gasteiger partial charge in [-0.05, 0) is 12.1 Å². The predicted octanol–water partition coefficient (Wildman–Crippen LogP) is 4.16. The lowest BCUT2D eigenvalue weighted by Crippen LogP contribution is -2.17. The molecule has 0 amide bonds. The van der Waals surface area contributed by atoms with E-state index in [9.17, 15) is 31.4 Å². The van der Waals surface area contributed by atoms with Gasteiger partial charge in [-0.25, -0.2) is 4.98 Å². The van der Waals surface area contributed by atoms with Gasteiger partial charge in [0.25, 0.3) is 0 Å². The highest BCUT2D eigenvalue weighted by atomic mass is 19.4. The van der Waals surface area contributed by atoms with E-state index in [0.29, 0.717) is 6.07 Å². The van der Waals surface area contributed by atoms with Crippen molar-refractivity contribution < 1.29 is 36.2 Å². The molecule has 1 aromatic heterocycles. The third kappa shape index (κ3) is 4.13. The highest BCUT2D eigenvalue weighted by Gasteiger charge is 2.34. The van der Waals surface area contributed by atoms with Crippen LogP contribution in [0.25, 0.3) is 11.1 Å². The van der Waals surface area contributed by atoms with Gasteiger partial charge in [0.2, 0.25) is 0 Å². The summed E-state index contributed by atoms with van der Waals surface area (Å²) in [6.07, 6.45) is -9.70. The summed E-state index contributed by atoms with van der Waals surface area (Å²) in [4.78, 5) is 3.26. The second-order valence-corrected chi connectivity index (χ2v) is 4.39. The van der Waals surface area contributed by atoms with E-state index in [-0.39, 0.29) is 11.1 Å². The topological polar surface area (TPSA) is 42.4 Å². The van der Waals surface area contributed by atoms with Gasteiger partial charge in [-0.3, -0.25) is 0 Å². The summed E-state index contributed by atoms with van der Waals surface area (Å²) in [6.45, 7) is -0.875. The maximum atomic E-state index is 12.6. The van der Waals surface area contributed by atoms with Gasteiger partial charge in [0.15, 0.2) is 0 Å². The second-order valence-electron chi connectivity index (χ2n) is 4.39. The molecule has 0 aliphatic carbocycles. The summed E-state index contributed by atoms with van der Waals surface area (Å²) < 4.78 is 78.9. The van der Waals surface area contributed by atoms with Crippen LogP contribution in [0, 0.1) is 0 Å². The molecule has 0 fully saturated rings. The molecule has 9 heteroatoms. The molecule has 1 N–H and O–H groups in total. The Bertz CT molecular complexity index is 696. The average Bonchev–Trinajstić information content (AvgIpc) is 2.44. The monoisotopic (exact) mass is 337 g/mol. The van der Waals surface area contributed by atoms with E-state index in [0.717, 1.165) is 12.1 Å². The number of aromatic nitrogens is 1. The van der Waals surface area contributed by atoms with Crippen LogP contribution in [0.3, 0.4) is 0 Å². The smallest absolute Gasteiger partial charge is 0.405 e. The zero-order chi connectivity index (χ0) is 17.3. The Kier molecular flexibility index (Phi) is 4.51. The summed E-state index contributed by atoms with van der Waals surface area (Å²) in [5.74, 6) is -0.601. The first kappa shape index (κ1) is 17.1. The van der Waals surface area contributed by atoms with E-state index in [1.165, 1.54) is 18.2 Å². The van der Waals surface area contributed by atoms with Crippen LogP contribution in [0.2, 0.25) is 0 Å². The van der Waals surface area contributed by atoms with Crippen molar-refractivity contribution in [3.63, 3.8) is 0 Å². The van der Waals surface area contributed by atoms with Crippen molar-refractivity contribution in [2.75, 3.05) is 0 Å². The molecule has 2 rings (SSSR count). The van der Waals surface area contributed by atoms with Gasteiger partial charge in [-0.2, -0.15) is 13.2 Å². The van der Waals surface area contributed by atoms with Crippen LogP contribution in [-0.2, 0) is 12.8 Å². The Morgan fingerprint density at radius 3 is 2.13 bits per heavy atom. The summed E-state index contributed by atoms with van der Waals surface area (Å²) >= 11 is 0. The minimum Gasteiger partial charge on any atom is -0.405 e. The fraction of sp³-hybridized carbons (Fsp3) is 0.214. The first-order valence-corrected chi connectivity index (χ1v) is 6.15. The molecular weight excluding hydrogens is 328 g/mol. The molecule has 124 valence electrons. The Labute approximate surface area is 126 Å². The summed E-state index contributed by atoms with van der Waals surface area (Å²) in [5.41, 5.74) is -1.87. The van der Waals surface area contributed by atoms with E-state index in [1.807, 2.05) is 0 Å². The quantitative estimate of drug-likeness (QED) is 0.856. The molecule has 23 heavy (non-hydrogen) atoms. The van der Waals surface area contributed by atoms with Crippen molar-refractivity contribution >= 4 is 0 Å². The fourth-order valence-electron chi connectivity index (χ4n) is 1.93. The minimum atomic E-state index is -4.96. The maximum Gasteiger partial charge on any atom is 0.573 e. The Morgan fingerprint density at radius 1 is 0.913 bits per heavy atom. The number of rotatable bonds is 3. The van der Waals surface area contributed by atoms with Crippen LogP contribution in [0.15, 0.2) is 36.4 Å². The zero-order valence-corrected chi connectivity index (χ0v) is 11.2.